The van der Waals surface area contributed by atoms with Crippen LogP contribution >= 0.6 is 7.82 Å². The number of terminal acetylenes is 1. The lowest BCUT2D eigenvalue weighted by atomic mass is 9.97. The van der Waals surface area contributed by atoms with E-state index in [0.717, 1.165) is 11.8 Å². The molecule has 3 aromatic rings. The molecule has 0 spiro atoms. The fourth-order valence-electron chi connectivity index (χ4n) is 5.48. The van der Waals surface area contributed by atoms with Crippen LogP contribution in [0.1, 0.15) is 101 Å². The number of aliphatic imine (C=N–C) groups is 1. The molecule has 3 N–H and O–H groups in total. The highest BCUT2D eigenvalue weighted by atomic mass is 31.2. The fourth-order valence-corrected chi connectivity index (χ4v) is 7.27. The van der Waals surface area contributed by atoms with E-state index in [0.29, 0.717) is 16.7 Å². The van der Waals surface area contributed by atoms with Crippen LogP contribution < -0.4 is 16.0 Å². The highest BCUT2D eigenvalue weighted by Crippen LogP contribution is 2.56. The van der Waals surface area contributed by atoms with Gasteiger partial charge in [0.15, 0.2) is 6.73 Å². The molecular weight excluding hydrogens is 873 g/mol. The first-order valence-corrected chi connectivity index (χ1v) is 21.1. The third-order valence-electron chi connectivity index (χ3n) is 8.20. The molecule has 0 aliphatic carbocycles. The quantitative estimate of drug-likeness (QED) is 0.0651. The van der Waals surface area contributed by atoms with E-state index < -0.39 is 99.6 Å². The number of nitrogens with two attached hydrogens (primary N) is 1. The first-order valence-electron chi connectivity index (χ1n) is 19.6. The number of nitrogens with zero attached hydrogens (tertiary/aromatic N) is 2. The van der Waals surface area contributed by atoms with Gasteiger partial charge in [0.25, 0.3) is 5.91 Å². The van der Waals surface area contributed by atoms with Gasteiger partial charge < -0.3 is 15.8 Å². The van der Waals surface area contributed by atoms with E-state index in [1.165, 1.54) is 12.1 Å². The van der Waals surface area contributed by atoms with Gasteiger partial charge in [-0.05, 0) is 71.7 Å². The first-order chi connectivity index (χ1) is 29.6. The number of carbonyl (C=O) groups is 4. The fraction of sp³-hybridized carbons (Fsp3) is 0.432. The molecule has 0 bridgehead atoms. The van der Waals surface area contributed by atoms with Gasteiger partial charge in [0.1, 0.15) is 0 Å². The molecule has 3 aromatic carbocycles. The number of rotatable bonds is 15. The molecule has 4 rings (SSSR count). The molecule has 0 unspecified atom stereocenters. The molecule has 350 valence electrons. The van der Waals surface area contributed by atoms with Crippen molar-refractivity contribution in [3.63, 3.8) is 0 Å². The van der Waals surface area contributed by atoms with Gasteiger partial charge in [0, 0.05) is 36.3 Å². The average Bonchev–Trinajstić information content (AvgIpc) is 3.30. The number of hydrogen-bond donors (Lipinski definition) is 2. The zero-order valence-electron chi connectivity index (χ0n) is 36.4. The number of primary amides is 1. The molecule has 0 saturated carbocycles. The molecule has 64 heavy (non-hydrogen) atoms. The molecule has 0 aromatic heterocycles. The Hall–Kier alpha value is -5.54. The monoisotopic (exact) mass is 926 g/mol. The molecule has 1 aliphatic rings. The van der Waals surface area contributed by atoms with Crippen molar-refractivity contribution in [2.75, 3.05) is 11.6 Å². The van der Waals surface area contributed by atoms with E-state index in [2.05, 4.69) is 23.2 Å². The van der Waals surface area contributed by atoms with Crippen molar-refractivity contribution >= 4 is 42.9 Å². The average molecular weight is 927 g/mol. The van der Waals surface area contributed by atoms with Crippen LogP contribution in [0.15, 0.2) is 83.9 Å². The van der Waals surface area contributed by atoms with Gasteiger partial charge in [0.2, 0.25) is 18.0 Å². The molecule has 13 nitrogen and oxygen atoms in total. The maximum absolute atomic E-state index is 14.2. The molecule has 3 amide bonds. The Bertz CT molecular complexity index is 2110. The zero-order valence-corrected chi connectivity index (χ0v) is 37.3. The van der Waals surface area contributed by atoms with Crippen molar-refractivity contribution in [3.8, 4) is 12.8 Å². The molecule has 1 heterocycles. The normalized spacial score (nSPS) is 14.9. The number of phosphoric ester groups is 1. The Morgan fingerprint density at radius 1 is 0.844 bits per heavy atom. The van der Waals surface area contributed by atoms with E-state index in [4.69, 9.17) is 24.0 Å². The Morgan fingerprint density at radius 2 is 1.38 bits per heavy atom. The van der Waals surface area contributed by atoms with Crippen LogP contribution in [0.2, 0.25) is 0 Å². The number of phosphoric acid groups is 1. The third kappa shape index (κ3) is 19.1. The standard InChI is InChI=1S/C39H46F3N4O9P.C3H5F3.C2H2/c1-37(2,3)54-56(51,55-38(4,5)6)53-23-25-16-18-27(19-17-25)36(50)52-24-46-30-15-11-10-14-29(30)32(26-12-8-7-9-13-26)44-33(35(46)49)45-34(48)28(22-31(43)47)20-21-39(40,41)42;1-2-3(4,5)6;1-2/h7-19,28,33H,20-24H2,1-6H3,(H2,43,47)(H,45,48);2H2,1H3;1-2H/t28-,33-;;/m1../s1. The van der Waals surface area contributed by atoms with Crippen LogP contribution in [0, 0.1) is 18.8 Å². The smallest absolute Gasteiger partial charge is 0.440 e. The maximum Gasteiger partial charge on any atom is 0.476 e. The van der Waals surface area contributed by atoms with Gasteiger partial charge in [-0.25, -0.2) is 14.4 Å². The van der Waals surface area contributed by atoms with Crippen molar-refractivity contribution in [3.05, 3.63) is 101 Å². The summed E-state index contributed by atoms with van der Waals surface area (Å²) < 4.78 is 108. The molecule has 2 atom stereocenters. The van der Waals surface area contributed by atoms with E-state index >= 15 is 0 Å². The summed E-state index contributed by atoms with van der Waals surface area (Å²) in [5.41, 5.74) is 5.70. The zero-order chi connectivity index (χ0) is 48.7. The third-order valence-corrected chi connectivity index (χ3v) is 10.2. The lowest BCUT2D eigenvalue weighted by Gasteiger charge is -2.30. The van der Waals surface area contributed by atoms with Crippen molar-refractivity contribution in [1.82, 2.24) is 5.32 Å². The predicted molar refractivity (Wildman–Crippen MR) is 228 cm³/mol. The Labute approximate surface area is 368 Å². The van der Waals surface area contributed by atoms with Crippen LogP contribution in [0.5, 0.6) is 0 Å². The number of para-hydroxylation sites is 1. The topological polar surface area (TPSA) is 176 Å². The number of hydrogen-bond acceptors (Lipinski definition) is 10. The van der Waals surface area contributed by atoms with Gasteiger partial charge in [0.05, 0.1) is 34.8 Å². The summed E-state index contributed by atoms with van der Waals surface area (Å²) in [6.07, 6.45) is -5.82. The number of ether oxygens (including phenoxy) is 1. The molecule has 1 aliphatic heterocycles. The summed E-state index contributed by atoms with van der Waals surface area (Å²) in [6.45, 7) is 10.5. The summed E-state index contributed by atoms with van der Waals surface area (Å²) >= 11 is 0. The number of halogens is 6. The molecule has 0 radical (unpaired) electrons. The number of carbonyl (C=O) groups excluding carboxylic acids is 4. The highest BCUT2D eigenvalue weighted by molar-refractivity contribution is 7.48. The van der Waals surface area contributed by atoms with E-state index in [1.807, 2.05) is 0 Å². The summed E-state index contributed by atoms with van der Waals surface area (Å²) in [5.74, 6) is -5.25. The number of fused-ring (bicyclic) bond motifs is 1. The van der Waals surface area contributed by atoms with Crippen LogP contribution in [0.25, 0.3) is 0 Å². The Morgan fingerprint density at radius 3 is 1.88 bits per heavy atom. The van der Waals surface area contributed by atoms with Crippen LogP contribution in [0.3, 0.4) is 0 Å². The highest BCUT2D eigenvalue weighted by Gasteiger charge is 2.39. The lowest BCUT2D eigenvalue weighted by molar-refractivity contribution is -0.143. The predicted octanol–water partition coefficient (Wildman–Crippen LogP) is 9.42. The molecular formula is C44H53F6N4O9P. The summed E-state index contributed by atoms with van der Waals surface area (Å²) in [4.78, 5) is 58.3. The number of amides is 3. The van der Waals surface area contributed by atoms with Crippen LogP contribution in [-0.2, 0) is 43.9 Å². The van der Waals surface area contributed by atoms with Gasteiger partial charge >= 0.3 is 26.1 Å². The Kier molecular flexibility index (Phi) is 20.0. The van der Waals surface area contributed by atoms with Crippen molar-refractivity contribution < 1.29 is 68.4 Å². The minimum absolute atomic E-state index is 0.0920. The minimum Gasteiger partial charge on any atom is -0.440 e. The van der Waals surface area contributed by atoms with E-state index in [-0.39, 0.29) is 23.6 Å². The van der Waals surface area contributed by atoms with Gasteiger partial charge in [-0.3, -0.25) is 32.9 Å². The maximum atomic E-state index is 14.2. The van der Waals surface area contributed by atoms with Crippen LogP contribution in [0.4, 0.5) is 32.0 Å². The van der Waals surface area contributed by atoms with Crippen molar-refractivity contribution in [2.45, 2.75) is 110 Å². The molecule has 20 heteroatoms. The number of anilines is 1. The van der Waals surface area contributed by atoms with Gasteiger partial charge in [-0.1, -0.05) is 67.6 Å². The largest absolute Gasteiger partial charge is 0.476 e. The summed E-state index contributed by atoms with van der Waals surface area (Å²) in [6, 6.07) is 21.2. The minimum atomic E-state index is -4.62. The second-order valence-electron chi connectivity index (χ2n) is 15.9. The second kappa shape index (κ2) is 23.4. The first kappa shape index (κ1) is 54.6. The number of benzodiazepines with no additional fused rings is 1. The number of esters is 1. The van der Waals surface area contributed by atoms with Gasteiger partial charge in [-0.15, -0.1) is 12.8 Å². The van der Waals surface area contributed by atoms with E-state index in [9.17, 15) is 50.1 Å². The number of alkyl halides is 6. The Balaban J connectivity index is 0.00000162. The number of benzene rings is 3. The summed E-state index contributed by atoms with van der Waals surface area (Å²) in [7, 11) is -4.01. The van der Waals surface area contributed by atoms with Crippen LogP contribution in [-0.4, -0.2) is 65.9 Å². The number of nitrogens with one attached hydrogen (secondary N) is 1. The molecule has 0 saturated heterocycles. The molecule has 0 fully saturated rings. The summed E-state index contributed by atoms with van der Waals surface area (Å²) in [5, 5.41) is 2.40. The SMILES string of the molecule is C#C.CC(C)(C)OP(=O)(OCc1ccc(C(=O)OCN2C(=O)[C@@H](NC(=O)[C@H](CCC(F)(F)F)CC(N)=O)N=C(c3ccccc3)c3ccccc32)cc1)OC(C)(C)C.CCC(F)(F)F. The second-order valence-corrected chi connectivity index (χ2v) is 17.4. The lowest BCUT2D eigenvalue weighted by Crippen LogP contribution is -2.50. The van der Waals surface area contributed by atoms with Crippen molar-refractivity contribution in [2.24, 2.45) is 16.6 Å². The van der Waals surface area contributed by atoms with Gasteiger partial charge in [-0.2, -0.15) is 26.3 Å². The van der Waals surface area contributed by atoms with Crippen molar-refractivity contribution in [1.29, 1.82) is 0 Å². The van der Waals surface area contributed by atoms with E-state index in [1.54, 1.807) is 108 Å².